The van der Waals surface area contributed by atoms with Crippen LogP contribution in [0.4, 0.5) is 5.69 Å². The van der Waals surface area contributed by atoms with E-state index >= 15 is 0 Å². The molecule has 0 aromatic heterocycles. The Balaban J connectivity index is 1.22. The summed E-state index contributed by atoms with van der Waals surface area (Å²) in [5, 5.41) is 4.92. The quantitative estimate of drug-likeness (QED) is 0.551. The Morgan fingerprint density at radius 1 is 1.03 bits per heavy atom. The van der Waals surface area contributed by atoms with Gasteiger partial charge >= 0.3 is 0 Å². The van der Waals surface area contributed by atoms with E-state index in [1.54, 1.807) is 18.1 Å². The zero-order valence-electron chi connectivity index (χ0n) is 16.9. The molecule has 3 aromatic carbocycles. The number of methoxy groups -OCH3 is 1. The lowest BCUT2D eigenvalue weighted by atomic mass is 10.1. The van der Waals surface area contributed by atoms with Crippen LogP contribution in [0.2, 0.25) is 0 Å². The molecule has 1 heterocycles. The average Bonchev–Trinajstić information content (AvgIpc) is 3.05. The molecule has 1 aliphatic heterocycles. The third-order valence-electron chi connectivity index (χ3n) is 5.17. The fraction of sp³-hybridized carbons (Fsp3) is 0.250. The predicted octanol–water partition coefficient (Wildman–Crippen LogP) is 3.78. The highest BCUT2D eigenvalue weighted by Crippen LogP contribution is 2.37. The van der Waals surface area contributed by atoms with Crippen LogP contribution in [-0.4, -0.2) is 38.6 Å². The first-order valence-electron chi connectivity index (χ1n) is 10.0. The molecule has 3 aromatic rings. The van der Waals surface area contributed by atoms with Gasteiger partial charge in [-0.2, -0.15) is 0 Å². The van der Waals surface area contributed by atoms with Crippen molar-refractivity contribution in [1.82, 2.24) is 5.32 Å². The summed E-state index contributed by atoms with van der Waals surface area (Å²) in [4.78, 5) is 26.6. The van der Waals surface area contributed by atoms with E-state index in [0.717, 1.165) is 27.8 Å². The number of anilines is 1. The van der Waals surface area contributed by atoms with Crippen LogP contribution >= 0.6 is 0 Å². The second kappa shape index (κ2) is 8.86. The third-order valence-corrected chi connectivity index (χ3v) is 5.17. The topological polar surface area (TPSA) is 67.9 Å². The molecular weight excluding hydrogens is 380 g/mol. The molecule has 6 heteroatoms. The number of hydrogen-bond acceptors (Lipinski definition) is 4. The van der Waals surface area contributed by atoms with Crippen molar-refractivity contribution in [2.45, 2.75) is 12.8 Å². The normalized spacial score (nSPS) is 12.3. The average molecular weight is 404 g/mol. The summed E-state index contributed by atoms with van der Waals surface area (Å²) < 4.78 is 10.8. The monoisotopic (exact) mass is 404 g/mol. The minimum Gasteiger partial charge on any atom is -0.497 e. The Labute approximate surface area is 175 Å². The molecule has 30 heavy (non-hydrogen) atoms. The van der Waals surface area contributed by atoms with Gasteiger partial charge in [0.15, 0.2) is 0 Å². The largest absolute Gasteiger partial charge is 0.497 e. The molecule has 0 saturated heterocycles. The van der Waals surface area contributed by atoms with Crippen LogP contribution in [0.25, 0.3) is 10.8 Å². The third kappa shape index (κ3) is 4.08. The molecule has 0 fully saturated rings. The number of nitrogens with zero attached hydrogens (tertiary/aromatic N) is 1. The van der Waals surface area contributed by atoms with Crippen molar-refractivity contribution in [1.29, 1.82) is 0 Å². The van der Waals surface area contributed by atoms with Crippen molar-refractivity contribution in [3.63, 3.8) is 0 Å². The molecule has 0 unspecified atom stereocenters. The zero-order valence-corrected chi connectivity index (χ0v) is 16.9. The number of amides is 2. The van der Waals surface area contributed by atoms with Gasteiger partial charge in [-0.1, -0.05) is 30.3 Å². The summed E-state index contributed by atoms with van der Waals surface area (Å²) in [5.41, 5.74) is 1.67. The maximum absolute atomic E-state index is 12.7. The van der Waals surface area contributed by atoms with Crippen LogP contribution < -0.4 is 19.7 Å². The Hall–Kier alpha value is -3.54. The molecule has 0 spiro atoms. The second-order valence-corrected chi connectivity index (χ2v) is 7.12. The van der Waals surface area contributed by atoms with Crippen LogP contribution in [0.15, 0.2) is 60.7 Å². The fourth-order valence-corrected chi connectivity index (χ4v) is 3.74. The molecular formula is C24H24N2O4. The lowest BCUT2D eigenvalue weighted by molar-refractivity contribution is -0.121. The smallest absolute Gasteiger partial charge is 0.258 e. The number of rotatable bonds is 9. The number of carbonyl (C=O) groups is 2. The Morgan fingerprint density at radius 2 is 1.80 bits per heavy atom. The first-order valence-corrected chi connectivity index (χ1v) is 10.0. The Bertz CT molecular complexity index is 1070. The number of ether oxygens (including phenoxy) is 2. The predicted molar refractivity (Wildman–Crippen MR) is 116 cm³/mol. The fourth-order valence-electron chi connectivity index (χ4n) is 3.74. The highest BCUT2D eigenvalue weighted by atomic mass is 16.5. The molecule has 1 N–H and O–H groups in total. The lowest BCUT2D eigenvalue weighted by Gasteiger charge is -2.17. The summed E-state index contributed by atoms with van der Waals surface area (Å²) in [6.45, 7) is 1.31. The van der Waals surface area contributed by atoms with E-state index in [1.807, 2.05) is 54.6 Å². The van der Waals surface area contributed by atoms with Crippen molar-refractivity contribution in [3.8, 4) is 11.5 Å². The number of hydrogen-bond donors (Lipinski definition) is 1. The summed E-state index contributed by atoms with van der Waals surface area (Å²) in [6.07, 6.45) is 0.952. The minimum absolute atomic E-state index is 0.00824. The van der Waals surface area contributed by atoms with Crippen LogP contribution in [-0.2, 0) is 4.79 Å². The van der Waals surface area contributed by atoms with Crippen LogP contribution in [0.5, 0.6) is 11.5 Å². The highest BCUT2D eigenvalue weighted by Gasteiger charge is 2.28. The number of nitrogens with one attached hydrogen (secondary N) is 1. The summed E-state index contributed by atoms with van der Waals surface area (Å²) in [7, 11) is 1.61. The molecule has 2 amide bonds. The maximum Gasteiger partial charge on any atom is 0.258 e. The van der Waals surface area contributed by atoms with Gasteiger partial charge in [0.2, 0.25) is 5.91 Å². The van der Waals surface area contributed by atoms with Crippen molar-refractivity contribution < 1.29 is 19.1 Å². The number of carbonyl (C=O) groups excluding carboxylic acids is 2. The van der Waals surface area contributed by atoms with Gasteiger partial charge in [-0.25, -0.2) is 0 Å². The summed E-state index contributed by atoms with van der Waals surface area (Å²) in [6, 6.07) is 19.1. The maximum atomic E-state index is 12.7. The van der Waals surface area contributed by atoms with Gasteiger partial charge in [-0.15, -0.1) is 0 Å². The van der Waals surface area contributed by atoms with E-state index in [2.05, 4.69) is 5.32 Å². The molecule has 0 bridgehead atoms. The Morgan fingerprint density at radius 3 is 2.63 bits per heavy atom. The van der Waals surface area contributed by atoms with E-state index < -0.39 is 0 Å². The van der Waals surface area contributed by atoms with E-state index in [1.165, 1.54) is 0 Å². The molecule has 1 aliphatic rings. The van der Waals surface area contributed by atoms with E-state index in [4.69, 9.17) is 9.47 Å². The Kier molecular flexibility index (Phi) is 5.84. The molecule has 154 valence electrons. The van der Waals surface area contributed by atoms with E-state index in [0.29, 0.717) is 38.3 Å². The number of benzene rings is 3. The lowest BCUT2D eigenvalue weighted by Crippen LogP contribution is -2.31. The second-order valence-electron chi connectivity index (χ2n) is 7.12. The zero-order chi connectivity index (χ0) is 20.9. The highest BCUT2D eigenvalue weighted by molar-refractivity contribution is 6.25. The van der Waals surface area contributed by atoms with Gasteiger partial charge in [0.1, 0.15) is 18.1 Å². The first-order chi connectivity index (χ1) is 14.7. The van der Waals surface area contributed by atoms with Crippen LogP contribution in [0.1, 0.15) is 23.2 Å². The summed E-state index contributed by atoms with van der Waals surface area (Å²) in [5.74, 6) is 1.39. The minimum atomic E-state index is -0.0494. The summed E-state index contributed by atoms with van der Waals surface area (Å²) >= 11 is 0. The molecule has 0 aliphatic carbocycles. The molecule has 0 atom stereocenters. The van der Waals surface area contributed by atoms with Gasteiger partial charge < -0.3 is 19.7 Å². The van der Waals surface area contributed by atoms with Crippen molar-refractivity contribution in [3.05, 3.63) is 66.2 Å². The van der Waals surface area contributed by atoms with Gasteiger partial charge in [-0.3, -0.25) is 9.59 Å². The van der Waals surface area contributed by atoms with Gasteiger partial charge in [0.05, 0.1) is 19.3 Å². The van der Waals surface area contributed by atoms with Crippen LogP contribution in [0, 0.1) is 0 Å². The van der Waals surface area contributed by atoms with Crippen molar-refractivity contribution in [2.24, 2.45) is 0 Å². The molecule has 4 rings (SSSR count). The van der Waals surface area contributed by atoms with E-state index in [-0.39, 0.29) is 11.8 Å². The van der Waals surface area contributed by atoms with Gasteiger partial charge in [0, 0.05) is 30.0 Å². The molecule has 6 nitrogen and oxygen atoms in total. The molecule has 0 saturated carbocycles. The van der Waals surface area contributed by atoms with Crippen molar-refractivity contribution >= 4 is 28.3 Å². The van der Waals surface area contributed by atoms with Gasteiger partial charge in [0.25, 0.3) is 5.91 Å². The first kappa shape index (κ1) is 19.8. The van der Waals surface area contributed by atoms with Crippen LogP contribution in [0.3, 0.4) is 0 Å². The van der Waals surface area contributed by atoms with Gasteiger partial charge in [-0.05, 0) is 36.1 Å². The molecule has 0 radical (unpaired) electrons. The standard InChI is InChI=1S/C24H24N2O4/c1-29-18-8-4-9-19(16-18)30-15-13-25-22(27)12-5-14-26-21-11-3-7-17-6-2-10-20(23(17)21)24(26)28/h2-4,6-11,16H,5,12-15H2,1H3,(H,25,27). The SMILES string of the molecule is COc1cccc(OCCNC(=O)CCCN2C(=O)c3cccc4cccc2c34)c1. The van der Waals surface area contributed by atoms with E-state index in [9.17, 15) is 9.59 Å². The van der Waals surface area contributed by atoms with Crippen molar-refractivity contribution in [2.75, 3.05) is 31.7 Å².